The normalized spacial score (nSPS) is 10.4. The van der Waals surface area contributed by atoms with Crippen LogP contribution in [0.4, 0.5) is 11.6 Å². The molecular weight excluding hydrogens is 365 g/mol. The lowest BCUT2D eigenvalue weighted by Crippen LogP contribution is -2.20. The van der Waals surface area contributed by atoms with Gasteiger partial charge in [-0.25, -0.2) is 9.67 Å². The van der Waals surface area contributed by atoms with E-state index in [0.29, 0.717) is 27.7 Å². The number of hydrogen-bond donors (Lipinski definition) is 2. The van der Waals surface area contributed by atoms with Crippen LogP contribution in [0.3, 0.4) is 0 Å². The van der Waals surface area contributed by atoms with Gasteiger partial charge in [-0.2, -0.15) is 0 Å². The number of aromatic nitrogens is 3. The Balaban J connectivity index is 1.60. The van der Waals surface area contributed by atoms with Crippen LogP contribution in [0.1, 0.15) is 5.56 Å². The molecule has 2 aromatic carbocycles. The maximum absolute atomic E-state index is 6.15. The monoisotopic (exact) mass is 377 g/mol. The quantitative estimate of drug-likeness (QED) is 0.658. The molecule has 122 valence electrons. The van der Waals surface area contributed by atoms with E-state index in [1.807, 2.05) is 36.4 Å². The Morgan fingerprint density at radius 2 is 1.79 bits per heavy atom. The number of thiocarbonyl (C=S) groups is 1. The van der Waals surface area contributed by atoms with Crippen molar-refractivity contribution in [1.82, 2.24) is 14.8 Å². The summed E-state index contributed by atoms with van der Waals surface area (Å²) in [4.78, 5) is 4.19. The molecule has 3 aromatic rings. The van der Waals surface area contributed by atoms with Crippen molar-refractivity contribution >= 4 is 52.2 Å². The SMILES string of the molecule is S=C(Nc1ccc(Cl)cc1)Nc1ncn(Cc2ccccc2Cl)n1. The summed E-state index contributed by atoms with van der Waals surface area (Å²) >= 11 is 17.2. The van der Waals surface area contributed by atoms with E-state index in [0.717, 1.165) is 11.3 Å². The molecule has 0 atom stereocenters. The fourth-order valence-corrected chi connectivity index (χ4v) is 2.56. The minimum atomic E-state index is 0.396. The third-order valence-electron chi connectivity index (χ3n) is 3.15. The molecule has 0 radical (unpaired) electrons. The molecule has 0 aliphatic rings. The Hall–Kier alpha value is -2.15. The summed E-state index contributed by atoms with van der Waals surface area (Å²) < 4.78 is 1.69. The molecule has 24 heavy (non-hydrogen) atoms. The van der Waals surface area contributed by atoms with Crippen molar-refractivity contribution in [3.8, 4) is 0 Å². The van der Waals surface area contributed by atoms with Crippen molar-refractivity contribution in [2.75, 3.05) is 10.6 Å². The van der Waals surface area contributed by atoms with E-state index in [2.05, 4.69) is 20.7 Å². The smallest absolute Gasteiger partial charge is 0.248 e. The molecule has 0 saturated carbocycles. The van der Waals surface area contributed by atoms with Gasteiger partial charge in [-0.15, -0.1) is 5.10 Å². The lowest BCUT2D eigenvalue weighted by atomic mass is 10.2. The molecule has 1 heterocycles. The molecule has 0 aliphatic heterocycles. The standard InChI is InChI=1S/C16H13Cl2N5S/c17-12-5-7-13(8-6-12)20-16(24)21-15-19-10-23(22-15)9-11-3-1-2-4-14(11)18/h1-8,10H,9H2,(H2,20,21,22,24). The Bertz CT molecular complexity index is 848. The van der Waals surface area contributed by atoms with E-state index in [-0.39, 0.29) is 0 Å². The molecule has 0 saturated heterocycles. The summed E-state index contributed by atoms with van der Waals surface area (Å²) in [6.45, 7) is 0.533. The van der Waals surface area contributed by atoms with Crippen molar-refractivity contribution in [3.05, 3.63) is 70.5 Å². The summed E-state index contributed by atoms with van der Waals surface area (Å²) in [6, 6.07) is 14.8. The predicted octanol–water partition coefficient (Wildman–Crippen LogP) is 4.44. The first-order valence-electron chi connectivity index (χ1n) is 7.06. The zero-order chi connectivity index (χ0) is 16.9. The first-order chi connectivity index (χ1) is 11.6. The topological polar surface area (TPSA) is 54.8 Å². The van der Waals surface area contributed by atoms with E-state index in [1.54, 1.807) is 23.1 Å². The van der Waals surface area contributed by atoms with E-state index in [9.17, 15) is 0 Å². The number of rotatable bonds is 4. The highest BCUT2D eigenvalue weighted by Gasteiger charge is 2.06. The fraction of sp³-hybridized carbons (Fsp3) is 0.0625. The van der Waals surface area contributed by atoms with Crippen LogP contribution in [0.2, 0.25) is 10.0 Å². The van der Waals surface area contributed by atoms with Crippen LogP contribution in [0.5, 0.6) is 0 Å². The van der Waals surface area contributed by atoms with Gasteiger partial charge in [0, 0.05) is 15.7 Å². The highest BCUT2D eigenvalue weighted by Crippen LogP contribution is 2.16. The molecule has 8 heteroatoms. The molecule has 0 bridgehead atoms. The Morgan fingerprint density at radius 1 is 1.04 bits per heavy atom. The summed E-state index contributed by atoms with van der Waals surface area (Å²) in [7, 11) is 0. The van der Waals surface area contributed by atoms with E-state index in [1.165, 1.54) is 0 Å². The van der Waals surface area contributed by atoms with Gasteiger partial charge in [0.05, 0.1) is 6.54 Å². The van der Waals surface area contributed by atoms with Gasteiger partial charge in [0.25, 0.3) is 0 Å². The first-order valence-corrected chi connectivity index (χ1v) is 8.23. The number of benzene rings is 2. The van der Waals surface area contributed by atoms with Crippen molar-refractivity contribution in [1.29, 1.82) is 0 Å². The molecule has 1 aromatic heterocycles. The van der Waals surface area contributed by atoms with E-state index in [4.69, 9.17) is 35.4 Å². The highest BCUT2D eigenvalue weighted by molar-refractivity contribution is 7.80. The number of anilines is 2. The van der Waals surface area contributed by atoms with Gasteiger partial charge >= 0.3 is 0 Å². The van der Waals surface area contributed by atoms with Gasteiger partial charge < -0.3 is 5.32 Å². The summed E-state index contributed by atoms with van der Waals surface area (Å²) in [6.07, 6.45) is 1.62. The second kappa shape index (κ2) is 7.61. The summed E-state index contributed by atoms with van der Waals surface area (Å²) in [5.74, 6) is 0.411. The number of nitrogens with zero attached hydrogens (tertiary/aromatic N) is 3. The maximum atomic E-state index is 6.15. The van der Waals surface area contributed by atoms with E-state index >= 15 is 0 Å². The molecule has 0 unspecified atom stereocenters. The number of hydrogen-bond acceptors (Lipinski definition) is 3. The molecular formula is C16H13Cl2N5S. The van der Waals surface area contributed by atoms with Gasteiger partial charge in [0.15, 0.2) is 5.11 Å². The van der Waals surface area contributed by atoms with Crippen LogP contribution in [0, 0.1) is 0 Å². The number of halogens is 2. The van der Waals surface area contributed by atoms with Crippen LogP contribution in [0.25, 0.3) is 0 Å². The molecule has 2 N–H and O–H groups in total. The average Bonchev–Trinajstić information content (AvgIpc) is 2.99. The van der Waals surface area contributed by atoms with Gasteiger partial charge in [-0.05, 0) is 48.1 Å². The molecule has 0 fully saturated rings. The fourth-order valence-electron chi connectivity index (χ4n) is 2.03. The zero-order valence-corrected chi connectivity index (χ0v) is 14.7. The van der Waals surface area contributed by atoms with Gasteiger partial charge in [-0.3, -0.25) is 5.32 Å². The van der Waals surface area contributed by atoms with Crippen molar-refractivity contribution in [2.24, 2.45) is 0 Å². The number of nitrogens with one attached hydrogen (secondary N) is 2. The van der Waals surface area contributed by atoms with Crippen molar-refractivity contribution < 1.29 is 0 Å². The predicted molar refractivity (Wildman–Crippen MR) is 102 cm³/mol. The molecule has 0 spiro atoms. The third kappa shape index (κ3) is 4.44. The zero-order valence-electron chi connectivity index (χ0n) is 12.4. The Morgan fingerprint density at radius 3 is 2.54 bits per heavy atom. The third-order valence-corrected chi connectivity index (χ3v) is 3.98. The first kappa shape index (κ1) is 16.7. The Labute approximate surface area is 154 Å². The maximum Gasteiger partial charge on any atom is 0.248 e. The van der Waals surface area contributed by atoms with Crippen molar-refractivity contribution in [2.45, 2.75) is 6.54 Å². The van der Waals surface area contributed by atoms with Crippen LogP contribution >= 0.6 is 35.4 Å². The molecule has 0 aliphatic carbocycles. The highest BCUT2D eigenvalue weighted by atomic mass is 35.5. The molecule has 0 amide bonds. The van der Waals surface area contributed by atoms with Crippen LogP contribution in [0.15, 0.2) is 54.9 Å². The van der Waals surface area contributed by atoms with Gasteiger partial charge in [0.1, 0.15) is 6.33 Å². The van der Waals surface area contributed by atoms with Crippen molar-refractivity contribution in [3.63, 3.8) is 0 Å². The lowest BCUT2D eigenvalue weighted by molar-refractivity contribution is 0.687. The second-order valence-corrected chi connectivity index (χ2v) is 6.20. The summed E-state index contributed by atoms with van der Waals surface area (Å²) in [5.41, 5.74) is 1.80. The van der Waals surface area contributed by atoms with Crippen LogP contribution < -0.4 is 10.6 Å². The average molecular weight is 378 g/mol. The molecule has 3 rings (SSSR count). The largest absolute Gasteiger partial charge is 0.332 e. The minimum absolute atomic E-state index is 0.396. The van der Waals surface area contributed by atoms with Crippen LogP contribution in [-0.4, -0.2) is 19.9 Å². The summed E-state index contributed by atoms with van der Waals surface area (Å²) in [5, 5.41) is 12.1. The van der Waals surface area contributed by atoms with Gasteiger partial charge in [0.2, 0.25) is 5.95 Å². The Kier molecular flexibility index (Phi) is 5.30. The lowest BCUT2D eigenvalue weighted by Gasteiger charge is -2.07. The van der Waals surface area contributed by atoms with E-state index < -0.39 is 0 Å². The second-order valence-electron chi connectivity index (χ2n) is 4.94. The molecule has 5 nitrogen and oxygen atoms in total. The minimum Gasteiger partial charge on any atom is -0.332 e. The van der Waals surface area contributed by atoms with Crippen LogP contribution in [-0.2, 0) is 6.54 Å². The van der Waals surface area contributed by atoms with Gasteiger partial charge in [-0.1, -0.05) is 41.4 Å².